The first kappa shape index (κ1) is 14.9. The van der Waals surface area contributed by atoms with Gasteiger partial charge in [0.05, 0.1) is 0 Å². The molecular weight excluding hydrogens is 413 g/mol. The van der Waals surface area contributed by atoms with E-state index in [2.05, 4.69) is 73.6 Å². The number of halogens is 3. The van der Waals surface area contributed by atoms with Crippen molar-refractivity contribution >= 4 is 59.9 Å². The molecule has 0 atom stereocenters. The summed E-state index contributed by atoms with van der Waals surface area (Å²) < 4.78 is 2.09. The molecule has 21 heavy (non-hydrogen) atoms. The fourth-order valence-corrected chi connectivity index (χ4v) is 3.31. The number of anilines is 1. The maximum absolute atomic E-state index is 6.23. The van der Waals surface area contributed by atoms with Crippen molar-refractivity contribution in [2.45, 2.75) is 6.54 Å². The fourth-order valence-electron chi connectivity index (χ4n) is 2.19. The second-order valence-electron chi connectivity index (χ2n) is 4.80. The molecule has 0 bridgehead atoms. The third-order valence-electron chi connectivity index (χ3n) is 3.30. The van der Waals surface area contributed by atoms with Crippen LogP contribution in [0.25, 0.3) is 10.8 Å². The van der Waals surface area contributed by atoms with E-state index in [0.29, 0.717) is 6.54 Å². The monoisotopic (exact) mass is 423 g/mol. The lowest BCUT2D eigenvalue weighted by Crippen LogP contribution is -1.99. The molecule has 0 aromatic heterocycles. The van der Waals surface area contributed by atoms with Gasteiger partial charge in [-0.1, -0.05) is 61.7 Å². The molecular formula is C17H12Br2ClN. The van der Waals surface area contributed by atoms with Crippen molar-refractivity contribution in [1.29, 1.82) is 0 Å². The zero-order valence-corrected chi connectivity index (χ0v) is 15.0. The Hall–Kier alpha value is -1.03. The number of benzene rings is 3. The first-order chi connectivity index (χ1) is 10.1. The Bertz CT molecular complexity index is 802. The van der Waals surface area contributed by atoms with Gasteiger partial charge < -0.3 is 5.32 Å². The molecule has 0 saturated heterocycles. The second-order valence-corrected chi connectivity index (χ2v) is 7.03. The van der Waals surface area contributed by atoms with Crippen LogP contribution in [-0.2, 0) is 6.54 Å². The van der Waals surface area contributed by atoms with E-state index >= 15 is 0 Å². The summed E-state index contributed by atoms with van der Waals surface area (Å²) in [5, 5.41) is 6.61. The predicted octanol–water partition coefficient (Wildman–Crippen LogP) is 6.63. The van der Waals surface area contributed by atoms with Crippen LogP contribution in [0.15, 0.2) is 63.5 Å². The second kappa shape index (κ2) is 6.39. The molecule has 3 aromatic rings. The maximum atomic E-state index is 6.23. The lowest BCUT2D eigenvalue weighted by Gasteiger charge is -2.09. The zero-order chi connectivity index (χ0) is 14.8. The SMILES string of the molecule is Clc1cc(Br)ccc1CNc1ccc2cc(Br)ccc2c1. The Balaban J connectivity index is 1.80. The van der Waals surface area contributed by atoms with Crippen LogP contribution in [0, 0.1) is 0 Å². The summed E-state index contributed by atoms with van der Waals surface area (Å²) in [5.41, 5.74) is 2.17. The van der Waals surface area contributed by atoms with Crippen molar-refractivity contribution in [2.75, 3.05) is 5.32 Å². The lowest BCUT2D eigenvalue weighted by atomic mass is 10.1. The number of hydrogen-bond acceptors (Lipinski definition) is 1. The van der Waals surface area contributed by atoms with E-state index in [9.17, 15) is 0 Å². The van der Waals surface area contributed by atoms with Gasteiger partial charge in [0.2, 0.25) is 0 Å². The van der Waals surface area contributed by atoms with E-state index in [0.717, 1.165) is 25.2 Å². The zero-order valence-electron chi connectivity index (χ0n) is 11.0. The van der Waals surface area contributed by atoms with Crippen LogP contribution >= 0.6 is 43.5 Å². The molecule has 0 fully saturated rings. The summed E-state index contributed by atoms with van der Waals surface area (Å²) in [6.45, 7) is 0.703. The van der Waals surface area contributed by atoms with Gasteiger partial charge in [0, 0.05) is 26.2 Å². The van der Waals surface area contributed by atoms with E-state index in [1.807, 2.05) is 18.2 Å². The van der Waals surface area contributed by atoms with Crippen molar-refractivity contribution in [3.05, 3.63) is 74.1 Å². The van der Waals surface area contributed by atoms with Crippen LogP contribution in [0.4, 0.5) is 5.69 Å². The van der Waals surface area contributed by atoms with Crippen molar-refractivity contribution in [2.24, 2.45) is 0 Å². The number of rotatable bonds is 3. The van der Waals surface area contributed by atoms with Gasteiger partial charge in [0.1, 0.15) is 0 Å². The molecule has 0 heterocycles. The Kier molecular flexibility index (Phi) is 4.53. The molecule has 0 amide bonds. The minimum atomic E-state index is 0.703. The third kappa shape index (κ3) is 3.60. The molecule has 0 unspecified atom stereocenters. The van der Waals surface area contributed by atoms with Gasteiger partial charge in [-0.15, -0.1) is 0 Å². The first-order valence-corrected chi connectivity index (χ1v) is 8.45. The Morgan fingerprint density at radius 2 is 1.48 bits per heavy atom. The average Bonchev–Trinajstić information content (AvgIpc) is 2.46. The normalized spacial score (nSPS) is 10.8. The number of nitrogens with one attached hydrogen (secondary N) is 1. The van der Waals surface area contributed by atoms with Gasteiger partial charge in [-0.25, -0.2) is 0 Å². The molecule has 0 spiro atoms. The third-order valence-corrected chi connectivity index (χ3v) is 4.64. The topological polar surface area (TPSA) is 12.0 Å². The molecule has 106 valence electrons. The van der Waals surface area contributed by atoms with Crippen LogP contribution in [0.2, 0.25) is 5.02 Å². The minimum absolute atomic E-state index is 0.703. The average molecular weight is 426 g/mol. The van der Waals surface area contributed by atoms with Gasteiger partial charge in [-0.05, 0) is 52.7 Å². The molecule has 0 aliphatic heterocycles. The van der Waals surface area contributed by atoms with Crippen LogP contribution in [0.3, 0.4) is 0 Å². The summed E-state index contributed by atoms with van der Waals surface area (Å²) in [6.07, 6.45) is 0. The Labute approximate surface area is 145 Å². The van der Waals surface area contributed by atoms with Gasteiger partial charge in [0.15, 0.2) is 0 Å². The fraction of sp³-hybridized carbons (Fsp3) is 0.0588. The van der Waals surface area contributed by atoms with Crippen molar-refractivity contribution in [3.8, 4) is 0 Å². The first-order valence-electron chi connectivity index (χ1n) is 6.49. The van der Waals surface area contributed by atoms with Crippen molar-refractivity contribution in [1.82, 2.24) is 0 Å². The highest BCUT2D eigenvalue weighted by molar-refractivity contribution is 9.10. The van der Waals surface area contributed by atoms with Gasteiger partial charge in [0.25, 0.3) is 0 Å². The molecule has 3 aromatic carbocycles. The van der Waals surface area contributed by atoms with Gasteiger partial charge in [-0.3, -0.25) is 0 Å². The van der Waals surface area contributed by atoms with Crippen LogP contribution in [0.5, 0.6) is 0 Å². The molecule has 1 nitrogen and oxygen atoms in total. The summed E-state index contributed by atoms with van der Waals surface area (Å²) in [7, 11) is 0. The quantitative estimate of drug-likeness (QED) is 0.497. The molecule has 0 aliphatic rings. The summed E-state index contributed by atoms with van der Waals surface area (Å²) >= 11 is 13.1. The molecule has 3 rings (SSSR count). The lowest BCUT2D eigenvalue weighted by molar-refractivity contribution is 1.15. The summed E-state index contributed by atoms with van der Waals surface area (Å²) in [6, 6.07) is 18.6. The van der Waals surface area contributed by atoms with Crippen LogP contribution in [-0.4, -0.2) is 0 Å². The van der Waals surface area contributed by atoms with Crippen molar-refractivity contribution in [3.63, 3.8) is 0 Å². The highest BCUT2D eigenvalue weighted by Gasteiger charge is 2.02. The van der Waals surface area contributed by atoms with Gasteiger partial charge >= 0.3 is 0 Å². The van der Waals surface area contributed by atoms with Crippen molar-refractivity contribution < 1.29 is 0 Å². The van der Waals surface area contributed by atoms with E-state index in [4.69, 9.17) is 11.6 Å². The van der Waals surface area contributed by atoms with Crippen LogP contribution in [0.1, 0.15) is 5.56 Å². The highest BCUT2D eigenvalue weighted by Crippen LogP contribution is 2.25. The Morgan fingerprint density at radius 3 is 2.29 bits per heavy atom. The van der Waals surface area contributed by atoms with Crippen LogP contribution < -0.4 is 5.32 Å². The number of fused-ring (bicyclic) bond motifs is 1. The molecule has 1 N–H and O–H groups in total. The molecule has 4 heteroatoms. The van der Waals surface area contributed by atoms with E-state index in [1.165, 1.54) is 10.8 Å². The largest absolute Gasteiger partial charge is 0.381 e. The summed E-state index contributed by atoms with van der Waals surface area (Å²) in [5.74, 6) is 0. The van der Waals surface area contributed by atoms with E-state index in [-0.39, 0.29) is 0 Å². The molecule has 0 aliphatic carbocycles. The maximum Gasteiger partial charge on any atom is 0.0467 e. The smallest absolute Gasteiger partial charge is 0.0467 e. The molecule has 0 radical (unpaired) electrons. The highest BCUT2D eigenvalue weighted by atomic mass is 79.9. The standard InChI is InChI=1S/C17H12Br2ClN/c18-14-4-1-12-8-16(6-3-11(12)7-14)21-10-13-2-5-15(19)9-17(13)20/h1-9,21H,10H2. The number of hydrogen-bond donors (Lipinski definition) is 1. The Morgan fingerprint density at radius 1 is 0.810 bits per heavy atom. The summed E-state index contributed by atoms with van der Waals surface area (Å²) in [4.78, 5) is 0. The van der Waals surface area contributed by atoms with E-state index < -0.39 is 0 Å². The van der Waals surface area contributed by atoms with Gasteiger partial charge in [-0.2, -0.15) is 0 Å². The van der Waals surface area contributed by atoms with E-state index in [1.54, 1.807) is 0 Å². The molecule has 0 saturated carbocycles. The predicted molar refractivity (Wildman–Crippen MR) is 98.1 cm³/mol. The minimum Gasteiger partial charge on any atom is -0.381 e.